The number of benzene rings is 3. The summed E-state index contributed by atoms with van der Waals surface area (Å²) in [5.74, 6) is -7.31. The van der Waals surface area contributed by atoms with Crippen molar-refractivity contribution in [2.45, 2.75) is 25.7 Å². The summed E-state index contributed by atoms with van der Waals surface area (Å²) in [4.78, 5) is 70.3. The minimum absolute atomic E-state index is 0.0521. The number of ether oxygens (including phenoxy) is 1. The highest BCUT2D eigenvalue weighted by molar-refractivity contribution is 6.25. The summed E-state index contributed by atoms with van der Waals surface area (Å²) in [6, 6.07) is 17.0. The van der Waals surface area contributed by atoms with Crippen LogP contribution in [0.1, 0.15) is 41.6 Å². The van der Waals surface area contributed by atoms with Gasteiger partial charge in [0.25, 0.3) is 0 Å². The van der Waals surface area contributed by atoms with Crippen molar-refractivity contribution in [2.24, 2.45) is 29.1 Å². The second-order valence-electron chi connectivity index (χ2n) is 12.4. The van der Waals surface area contributed by atoms with Crippen LogP contribution >= 0.6 is 0 Å². The van der Waals surface area contributed by atoms with Crippen LogP contribution in [0.25, 0.3) is 0 Å². The summed E-state index contributed by atoms with van der Waals surface area (Å²) in [5.41, 5.74) is 0.249. The normalized spacial score (nSPS) is 28.5. The number of fused-ring (bicyclic) bond motifs is 4. The molecule has 3 aromatic rings. The molecule has 11 nitrogen and oxygen atoms in total. The van der Waals surface area contributed by atoms with Gasteiger partial charge in [-0.1, -0.05) is 35.9 Å². The molecule has 4 aliphatic rings. The lowest BCUT2D eigenvalue weighted by molar-refractivity contribution is -0.131. The fourth-order valence-corrected chi connectivity index (χ4v) is 8.19. The Hall–Kier alpha value is -5.45. The van der Waals surface area contributed by atoms with Crippen molar-refractivity contribution in [2.75, 3.05) is 16.9 Å². The molecule has 0 spiro atoms. The Kier molecular flexibility index (Phi) is 6.55. The average molecular weight is 623 g/mol. The van der Waals surface area contributed by atoms with E-state index in [9.17, 15) is 39.3 Å². The van der Waals surface area contributed by atoms with Gasteiger partial charge in [0.15, 0.2) is 11.5 Å². The third kappa shape index (κ3) is 3.93. The number of methoxy groups -OCH3 is 1. The van der Waals surface area contributed by atoms with Crippen LogP contribution in [0.2, 0.25) is 0 Å². The Morgan fingerprint density at radius 3 is 2.26 bits per heavy atom. The molecule has 11 heteroatoms. The number of amides is 4. The standard InChI is InChI=1S/C35H30N2O9/c1-35-24(31(41)37(34(35)45)18-6-4-3-5-7-18)16-23-20(29(35)17-8-13-25(38)27(14-17)46-2)11-12-22-28(23)32(42)36(30(22)40)19-9-10-21(33(43)44)26(39)15-19/h3-11,13-15,22-24,28-29,38-39H,12,16H2,1-2H3,(H,43,44). The number of imide groups is 2. The number of nitrogens with zero attached hydrogens (tertiary/aromatic N) is 2. The molecule has 0 radical (unpaired) electrons. The van der Waals surface area contributed by atoms with Crippen molar-refractivity contribution in [1.82, 2.24) is 0 Å². The lowest BCUT2D eigenvalue weighted by Crippen LogP contribution is -2.48. The summed E-state index contributed by atoms with van der Waals surface area (Å²) in [7, 11) is 1.41. The number of aromatic hydroxyl groups is 2. The maximum absolute atomic E-state index is 14.4. The van der Waals surface area contributed by atoms with Crippen LogP contribution in [0.5, 0.6) is 17.2 Å². The molecule has 1 saturated carbocycles. The number of phenolic OH excluding ortho intramolecular Hbond substituents is 1. The molecule has 234 valence electrons. The van der Waals surface area contributed by atoms with Crippen molar-refractivity contribution in [3.05, 3.63) is 89.5 Å². The molecular formula is C35H30N2O9. The molecular weight excluding hydrogens is 592 g/mol. The number of carboxylic acid groups (broad SMARTS) is 1. The first-order valence-corrected chi connectivity index (χ1v) is 14.9. The highest BCUT2D eigenvalue weighted by Gasteiger charge is 2.67. The van der Waals surface area contributed by atoms with Crippen LogP contribution in [0, 0.1) is 29.1 Å². The van der Waals surface area contributed by atoms with Crippen molar-refractivity contribution in [3.8, 4) is 17.2 Å². The van der Waals surface area contributed by atoms with Gasteiger partial charge < -0.3 is 20.1 Å². The van der Waals surface area contributed by atoms with Crippen molar-refractivity contribution in [1.29, 1.82) is 0 Å². The van der Waals surface area contributed by atoms with Gasteiger partial charge in [0, 0.05) is 12.0 Å². The Morgan fingerprint density at radius 2 is 1.59 bits per heavy atom. The zero-order valence-corrected chi connectivity index (χ0v) is 24.9. The largest absolute Gasteiger partial charge is 0.507 e. The number of phenols is 2. The highest BCUT2D eigenvalue weighted by atomic mass is 16.5. The molecule has 2 saturated heterocycles. The maximum Gasteiger partial charge on any atom is 0.339 e. The van der Waals surface area contributed by atoms with E-state index in [4.69, 9.17) is 4.74 Å². The molecule has 3 fully saturated rings. The predicted molar refractivity (Wildman–Crippen MR) is 163 cm³/mol. The molecule has 3 N–H and O–H groups in total. The molecule has 46 heavy (non-hydrogen) atoms. The molecule has 2 heterocycles. The summed E-state index contributed by atoms with van der Waals surface area (Å²) in [6.45, 7) is 1.77. The van der Waals surface area contributed by atoms with Crippen molar-refractivity contribution in [3.63, 3.8) is 0 Å². The van der Waals surface area contributed by atoms with E-state index in [2.05, 4.69) is 0 Å². The van der Waals surface area contributed by atoms with E-state index in [1.165, 1.54) is 24.1 Å². The molecule has 6 unspecified atom stereocenters. The minimum Gasteiger partial charge on any atom is -0.507 e. The number of carbonyl (C=O) groups excluding carboxylic acids is 4. The molecule has 4 amide bonds. The quantitative estimate of drug-likeness (QED) is 0.279. The minimum atomic E-state index is -1.35. The third-order valence-electron chi connectivity index (χ3n) is 10.3. The van der Waals surface area contributed by atoms with Crippen LogP contribution in [0.15, 0.2) is 78.4 Å². The second-order valence-corrected chi connectivity index (χ2v) is 12.4. The second kappa shape index (κ2) is 10.3. The van der Waals surface area contributed by atoms with Gasteiger partial charge in [-0.3, -0.25) is 19.2 Å². The highest BCUT2D eigenvalue weighted by Crippen LogP contribution is 2.64. The molecule has 2 aliphatic carbocycles. The monoisotopic (exact) mass is 622 g/mol. The zero-order chi connectivity index (χ0) is 32.7. The van der Waals surface area contributed by atoms with E-state index in [1.54, 1.807) is 49.4 Å². The lowest BCUT2D eigenvalue weighted by Gasteiger charge is -2.49. The van der Waals surface area contributed by atoms with Crippen LogP contribution in [-0.2, 0) is 19.2 Å². The topological polar surface area (TPSA) is 162 Å². The smallest absolute Gasteiger partial charge is 0.339 e. The Morgan fingerprint density at radius 1 is 0.848 bits per heavy atom. The summed E-state index contributed by atoms with van der Waals surface area (Å²) in [5, 5.41) is 30.0. The van der Waals surface area contributed by atoms with E-state index in [0.29, 0.717) is 11.3 Å². The first-order chi connectivity index (χ1) is 22.0. The average Bonchev–Trinajstić information content (AvgIpc) is 3.41. The first-order valence-electron chi connectivity index (χ1n) is 14.9. The fourth-order valence-electron chi connectivity index (χ4n) is 8.19. The van der Waals surface area contributed by atoms with Gasteiger partial charge in [0.1, 0.15) is 11.3 Å². The predicted octanol–water partition coefficient (Wildman–Crippen LogP) is 4.24. The van der Waals surface area contributed by atoms with Crippen molar-refractivity contribution < 1.29 is 44.0 Å². The van der Waals surface area contributed by atoms with Crippen molar-refractivity contribution >= 4 is 41.0 Å². The van der Waals surface area contributed by atoms with E-state index in [-0.39, 0.29) is 41.5 Å². The van der Waals surface area contributed by atoms with Gasteiger partial charge in [0.05, 0.1) is 41.7 Å². The number of para-hydroxylation sites is 1. The van der Waals surface area contributed by atoms with Crippen LogP contribution in [-0.4, -0.2) is 52.0 Å². The molecule has 6 atom stereocenters. The number of carboxylic acids is 1. The SMILES string of the molecule is COc1cc(C2C3=CCC4C(=O)N(c5ccc(C(=O)O)c(O)c5)C(=O)C4C3CC3C(=O)N(c4ccccc4)C(=O)C32C)ccc1O. The van der Waals surface area contributed by atoms with Gasteiger partial charge in [-0.15, -0.1) is 0 Å². The van der Waals surface area contributed by atoms with Crippen LogP contribution in [0.3, 0.4) is 0 Å². The number of aromatic carboxylic acids is 1. The first kappa shape index (κ1) is 29.3. The Labute approximate surface area is 263 Å². The van der Waals surface area contributed by atoms with E-state index >= 15 is 0 Å². The lowest BCUT2D eigenvalue weighted by atomic mass is 9.51. The number of hydrogen-bond donors (Lipinski definition) is 3. The van der Waals surface area contributed by atoms with E-state index < -0.39 is 64.4 Å². The third-order valence-corrected chi connectivity index (χ3v) is 10.3. The summed E-state index contributed by atoms with van der Waals surface area (Å²) >= 11 is 0. The van der Waals surface area contributed by atoms with E-state index in [1.807, 2.05) is 6.08 Å². The van der Waals surface area contributed by atoms with Gasteiger partial charge in [0.2, 0.25) is 23.6 Å². The van der Waals surface area contributed by atoms with Gasteiger partial charge >= 0.3 is 5.97 Å². The molecule has 0 bridgehead atoms. The number of hydrogen-bond acceptors (Lipinski definition) is 8. The van der Waals surface area contributed by atoms with Gasteiger partial charge in [-0.25, -0.2) is 14.6 Å². The number of allylic oxidation sites excluding steroid dienone is 2. The van der Waals surface area contributed by atoms with Crippen LogP contribution in [0.4, 0.5) is 11.4 Å². The number of carbonyl (C=O) groups is 5. The maximum atomic E-state index is 14.4. The molecule has 3 aromatic carbocycles. The number of rotatable bonds is 5. The van der Waals surface area contributed by atoms with Gasteiger partial charge in [-0.2, -0.15) is 0 Å². The Balaban J connectivity index is 1.35. The molecule has 7 rings (SSSR count). The number of anilines is 2. The fraction of sp³-hybridized carbons (Fsp3) is 0.286. The summed E-state index contributed by atoms with van der Waals surface area (Å²) < 4.78 is 5.40. The zero-order valence-electron chi connectivity index (χ0n) is 24.9. The molecule has 2 aliphatic heterocycles. The molecule has 0 aromatic heterocycles. The van der Waals surface area contributed by atoms with E-state index in [0.717, 1.165) is 22.6 Å². The summed E-state index contributed by atoms with van der Waals surface area (Å²) in [6.07, 6.45) is 2.26. The van der Waals surface area contributed by atoms with Gasteiger partial charge in [-0.05, 0) is 67.6 Å². The Bertz CT molecular complexity index is 1890. The van der Waals surface area contributed by atoms with Crippen LogP contribution < -0.4 is 14.5 Å².